The highest BCUT2D eigenvalue weighted by Gasteiger charge is 2.27. The van der Waals surface area contributed by atoms with E-state index in [4.69, 9.17) is 5.73 Å². The molecule has 0 spiro atoms. The van der Waals surface area contributed by atoms with Gasteiger partial charge in [-0.3, -0.25) is 9.59 Å². The Kier molecular flexibility index (Phi) is 4.52. The summed E-state index contributed by atoms with van der Waals surface area (Å²) < 4.78 is 0. The molecule has 2 amide bonds. The third-order valence-electron chi connectivity index (χ3n) is 3.33. The van der Waals surface area contributed by atoms with Crippen LogP contribution in [-0.2, 0) is 9.59 Å². The van der Waals surface area contributed by atoms with Gasteiger partial charge in [0.05, 0.1) is 5.92 Å². The second-order valence-electron chi connectivity index (χ2n) is 4.73. The lowest BCUT2D eigenvalue weighted by atomic mass is 10.1. The van der Waals surface area contributed by atoms with E-state index in [1.54, 1.807) is 4.90 Å². The van der Waals surface area contributed by atoms with Crippen molar-refractivity contribution in [1.82, 2.24) is 5.32 Å². The molecule has 0 aliphatic carbocycles. The summed E-state index contributed by atoms with van der Waals surface area (Å²) in [4.78, 5) is 25.1. The molecular formula is C14H19N3O2. The van der Waals surface area contributed by atoms with E-state index in [9.17, 15) is 9.59 Å². The van der Waals surface area contributed by atoms with Crippen molar-refractivity contribution in [3.63, 3.8) is 0 Å². The van der Waals surface area contributed by atoms with Crippen LogP contribution in [-0.4, -0.2) is 31.4 Å². The SMILES string of the molecule is NC(=O)CCN(C(=O)C1CCNC1)c1ccccc1. The number of nitrogens with zero attached hydrogens (tertiary/aromatic N) is 1. The van der Waals surface area contributed by atoms with Crippen LogP contribution in [0.3, 0.4) is 0 Å². The molecule has 1 aromatic carbocycles. The van der Waals surface area contributed by atoms with Gasteiger partial charge in [0, 0.05) is 25.2 Å². The van der Waals surface area contributed by atoms with Crippen LogP contribution in [0.1, 0.15) is 12.8 Å². The average molecular weight is 261 g/mol. The number of anilines is 1. The van der Waals surface area contributed by atoms with Crippen molar-refractivity contribution in [2.75, 3.05) is 24.5 Å². The summed E-state index contributed by atoms with van der Waals surface area (Å²) >= 11 is 0. The first-order chi connectivity index (χ1) is 9.18. The van der Waals surface area contributed by atoms with E-state index in [1.807, 2.05) is 30.3 Å². The summed E-state index contributed by atoms with van der Waals surface area (Å²) in [6.07, 6.45) is 1.03. The Labute approximate surface area is 112 Å². The predicted molar refractivity (Wildman–Crippen MR) is 73.6 cm³/mol. The highest BCUT2D eigenvalue weighted by molar-refractivity contribution is 5.95. The summed E-state index contributed by atoms with van der Waals surface area (Å²) in [5.41, 5.74) is 6.00. The van der Waals surface area contributed by atoms with Crippen molar-refractivity contribution in [3.8, 4) is 0 Å². The minimum absolute atomic E-state index is 0.00640. The lowest BCUT2D eigenvalue weighted by Crippen LogP contribution is -2.39. The average Bonchev–Trinajstić information content (AvgIpc) is 2.93. The van der Waals surface area contributed by atoms with E-state index >= 15 is 0 Å². The lowest BCUT2D eigenvalue weighted by molar-refractivity contribution is -0.122. The van der Waals surface area contributed by atoms with Gasteiger partial charge in [-0.2, -0.15) is 0 Å². The van der Waals surface area contributed by atoms with Crippen molar-refractivity contribution < 1.29 is 9.59 Å². The number of carbonyl (C=O) groups excluding carboxylic acids is 2. The number of rotatable bonds is 5. The molecule has 5 heteroatoms. The van der Waals surface area contributed by atoms with Crippen LogP contribution in [0.5, 0.6) is 0 Å². The Hall–Kier alpha value is -1.88. The Bertz CT molecular complexity index is 441. The maximum Gasteiger partial charge on any atom is 0.231 e. The number of nitrogens with one attached hydrogen (secondary N) is 1. The molecule has 2 rings (SSSR count). The van der Waals surface area contributed by atoms with Crippen molar-refractivity contribution in [1.29, 1.82) is 0 Å². The van der Waals surface area contributed by atoms with Crippen LogP contribution in [0.4, 0.5) is 5.69 Å². The van der Waals surface area contributed by atoms with Gasteiger partial charge in [-0.1, -0.05) is 18.2 Å². The first-order valence-electron chi connectivity index (χ1n) is 6.54. The molecule has 3 N–H and O–H groups in total. The number of hydrogen-bond donors (Lipinski definition) is 2. The molecule has 102 valence electrons. The van der Waals surface area contributed by atoms with Gasteiger partial charge in [-0.05, 0) is 25.1 Å². The number of hydrogen-bond acceptors (Lipinski definition) is 3. The highest BCUT2D eigenvalue weighted by atomic mass is 16.2. The maximum absolute atomic E-state index is 12.5. The molecule has 1 unspecified atom stereocenters. The van der Waals surface area contributed by atoms with Crippen LogP contribution >= 0.6 is 0 Å². The molecule has 0 aromatic heterocycles. The van der Waals surface area contributed by atoms with Crippen LogP contribution in [0.15, 0.2) is 30.3 Å². The molecule has 1 fully saturated rings. The minimum Gasteiger partial charge on any atom is -0.370 e. The quantitative estimate of drug-likeness (QED) is 0.810. The second kappa shape index (κ2) is 6.33. The number of amides is 2. The maximum atomic E-state index is 12.5. The third kappa shape index (κ3) is 3.54. The third-order valence-corrected chi connectivity index (χ3v) is 3.33. The van der Waals surface area contributed by atoms with E-state index in [2.05, 4.69) is 5.32 Å². The van der Waals surface area contributed by atoms with Gasteiger partial charge in [0.25, 0.3) is 0 Å². The highest BCUT2D eigenvalue weighted by Crippen LogP contribution is 2.19. The van der Waals surface area contributed by atoms with Crippen molar-refractivity contribution in [2.24, 2.45) is 11.7 Å². The molecule has 1 aliphatic heterocycles. The molecule has 1 aromatic rings. The van der Waals surface area contributed by atoms with E-state index in [0.29, 0.717) is 13.1 Å². The van der Waals surface area contributed by atoms with Gasteiger partial charge >= 0.3 is 0 Å². The van der Waals surface area contributed by atoms with Gasteiger partial charge in [-0.15, -0.1) is 0 Å². The number of carbonyl (C=O) groups is 2. The van der Waals surface area contributed by atoms with Gasteiger partial charge < -0.3 is 16.0 Å². The molecule has 1 saturated heterocycles. The molecule has 0 radical (unpaired) electrons. The van der Waals surface area contributed by atoms with Gasteiger partial charge in [-0.25, -0.2) is 0 Å². The summed E-state index contributed by atoms with van der Waals surface area (Å²) in [5.74, 6) is -0.330. The number of nitrogens with two attached hydrogens (primary N) is 1. The van der Waals surface area contributed by atoms with E-state index < -0.39 is 5.91 Å². The Morgan fingerprint density at radius 3 is 2.63 bits per heavy atom. The largest absolute Gasteiger partial charge is 0.370 e. The summed E-state index contributed by atoms with van der Waals surface area (Å²) in [6, 6.07) is 9.42. The second-order valence-corrected chi connectivity index (χ2v) is 4.73. The summed E-state index contributed by atoms with van der Waals surface area (Å²) in [5, 5.41) is 3.19. The monoisotopic (exact) mass is 261 g/mol. The van der Waals surface area contributed by atoms with Gasteiger partial charge in [0.1, 0.15) is 0 Å². The Morgan fingerprint density at radius 2 is 2.05 bits per heavy atom. The normalized spacial score (nSPS) is 18.2. The van der Waals surface area contributed by atoms with Crippen molar-refractivity contribution in [2.45, 2.75) is 12.8 Å². The first-order valence-corrected chi connectivity index (χ1v) is 6.54. The topological polar surface area (TPSA) is 75.4 Å². The molecule has 1 atom stereocenters. The molecule has 1 aliphatic rings. The molecule has 1 heterocycles. The molecule has 0 bridgehead atoms. The lowest BCUT2D eigenvalue weighted by Gasteiger charge is -2.25. The number of para-hydroxylation sites is 1. The minimum atomic E-state index is -0.390. The number of primary amides is 1. The van der Waals surface area contributed by atoms with E-state index in [-0.39, 0.29) is 18.2 Å². The van der Waals surface area contributed by atoms with Crippen molar-refractivity contribution >= 4 is 17.5 Å². The fourth-order valence-corrected chi connectivity index (χ4v) is 2.28. The Balaban J connectivity index is 2.13. The van der Waals surface area contributed by atoms with Crippen LogP contribution in [0.2, 0.25) is 0 Å². The van der Waals surface area contributed by atoms with Gasteiger partial charge in [0.2, 0.25) is 11.8 Å². The smallest absolute Gasteiger partial charge is 0.231 e. The summed E-state index contributed by atoms with van der Waals surface area (Å²) in [6.45, 7) is 1.92. The zero-order valence-electron chi connectivity index (χ0n) is 10.8. The van der Waals surface area contributed by atoms with Gasteiger partial charge in [0.15, 0.2) is 0 Å². The van der Waals surface area contributed by atoms with Crippen molar-refractivity contribution in [3.05, 3.63) is 30.3 Å². The van der Waals surface area contributed by atoms with Crippen LogP contribution in [0, 0.1) is 5.92 Å². The van der Waals surface area contributed by atoms with E-state index in [0.717, 1.165) is 18.7 Å². The molecule has 19 heavy (non-hydrogen) atoms. The van der Waals surface area contributed by atoms with Crippen LogP contribution in [0.25, 0.3) is 0 Å². The van der Waals surface area contributed by atoms with Crippen LogP contribution < -0.4 is 16.0 Å². The number of benzene rings is 1. The Morgan fingerprint density at radius 1 is 1.32 bits per heavy atom. The molecule has 0 saturated carbocycles. The predicted octanol–water partition coefficient (Wildman–Crippen LogP) is 0.505. The van der Waals surface area contributed by atoms with E-state index in [1.165, 1.54) is 0 Å². The molecule has 5 nitrogen and oxygen atoms in total. The zero-order valence-corrected chi connectivity index (χ0v) is 10.8. The first kappa shape index (κ1) is 13.5. The fourth-order valence-electron chi connectivity index (χ4n) is 2.28. The molecular weight excluding hydrogens is 242 g/mol. The zero-order chi connectivity index (χ0) is 13.7. The summed E-state index contributed by atoms with van der Waals surface area (Å²) in [7, 11) is 0. The fraction of sp³-hybridized carbons (Fsp3) is 0.429. The standard InChI is InChI=1S/C14H19N3O2/c15-13(18)7-9-17(12-4-2-1-3-5-12)14(19)11-6-8-16-10-11/h1-5,11,16H,6-10H2,(H2,15,18).